The van der Waals surface area contributed by atoms with E-state index in [1.165, 1.54) is 11.8 Å². The van der Waals surface area contributed by atoms with Gasteiger partial charge >= 0.3 is 0 Å². The molecule has 1 N–H and O–H groups in total. The first-order valence-electron chi connectivity index (χ1n) is 9.14. The number of hydrogen-bond donors (Lipinski definition) is 1. The number of amides is 1. The number of rotatable bonds is 7. The fourth-order valence-corrected chi connectivity index (χ4v) is 3.65. The van der Waals surface area contributed by atoms with Gasteiger partial charge in [0.05, 0.1) is 23.2 Å². The molecule has 5 nitrogen and oxygen atoms in total. The third kappa shape index (κ3) is 4.94. The summed E-state index contributed by atoms with van der Waals surface area (Å²) < 4.78 is 1.62. The summed E-state index contributed by atoms with van der Waals surface area (Å²) in [6.07, 6.45) is 0.867. The molecule has 0 aliphatic carbocycles. The van der Waals surface area contributed by atoms with Crippen LogP contribution in [0.1, 0.15) is 25.8 Å². The summed E-state index contributed by atoms with van der Waals surface area (Å²) >= 11 is 7.24. The summed E-state index contributed by atoms with van der Waals surface area (Å²) in [6, 6.07) is 14.7. The fraction of sp³-hybridized carbons (Fsp3) is 0.286. The number of para-hydroxylation sites is 1. The van der Waals surface area contributed by atoms with Crippen LogP contribution in [-0.2, 0) is 11.3 Å². The smallest absolute Gasteiger partial charge is 0.262 e. The Labute approximate surface area is 173 Å². The first-order valence-corrected chi connectivity index (χ1v) is 10.5. The molecule has 0 spiro atoms. The van der Waals surface area contributed by atoms with Crippen molar-refractivity contribution in [2.45, 2.75) is 38.0 Å². The van der Waals surface area contributed by atoms with E-state index in [4.69, 9.17) is 11.6 Å². The molecule has 1 amide bonds. The van der Waals surface area contributed by atoms with Gasteiger partial charge in [0.2, 0.25) is 5.91 Å². The van der Waals surface area contributed by atoms with Crippen molar-refractivity contribution in [3.8, 4) is 0 Å². The summed E-state index contributed by atoms with van der Waals surface area (Å²) in [6.45, 7) is 4.35. The summed E-state index contributed by atoms with van der Waals surface area (Å²) in [4.78, 5) is 29.9. The number of carbonyl (C=O) groups excluding carboxylic acids is 1. The molecule has 0 saturated carbocycles. The molecular formula is C21H22ClN3O2S. The minimum absolute atomic E-state index is 0.0696. The molecule has 0 fully saturated rings. The molecule has 1 heterocycles. The second-order valence-electron chi connectivity index (χ2n) is 6.59. The van der Waals surface area contributed by atoms with Gasteiger partial charge in [-0.3, -0.25) is 14.2 Å². The minimum Gasteiger partial charge on any atom is -0.353 e. The summed E-state index contributed by atoms with van der Waals surface area (Å²) in [5, 5.41) is 4.67. The van der Waals surface area contributed by atoms with Crippen molar-refractivity contribution in [1.29, 1.82) is 0 Å². The molecule has 7 heteroatoms. The number of nitrogens with zero attached hydrogens (tertiary/aromatic N) is 2. The molecular weight excluding hydrogens is 394 g/mol. The number of nitrogens with one attached hydrogen (secondary N) is 1. The van der Waals surface area contributed by atoms with Crippen LogP contribution in [-0.4, -0.2) is 27.3 Å². The average Bonchev–Trinajstić information content (AvgIpc) is 2.70. The van der Waals surface area contributed by atoms with E-state index in [1.54, 1.807) is 22.8 Å². The Morgan fingerprint density at radius 2 is 1.93 bits per heavy atom. The highest BCUT2D eigenvalue weighted by Crippen LogP contribution is 2.19. The van der Waals surface area contributed by atoms with Crippen molar-refractivity contribution in [1.82, 2.24) is 14.9 Å². The van der Waals surface area contributed by atoms with E-state index in [0.29, 0.717) is 27.6 Å². The Morgan fingerprint density at radius 1 is 1.21 bits per heavy atom. The van der Waals surface area contributed by atoms with Gasteiger partial charge in [0.25, 0.3) is 5.56 Å². The standard InChI is InChI=1S/C21H22ClN3O2S/c1-3-14(2)23-19(26)13-28-21-24-18-7-5-4-6-17(18)20(27)25(21)12-15-8-10-16(22)11-9-15/h4-11,14H,3,12-13H2,1-2H3,(H,23,26)/t14-/m1/s1. The lowest BCUT2D eigenvalue weighted by Crippen LogP contribution is -2.33. The van der Waals surface area contributed by atoms with Crippen molar-refractivity contribution in [2.24, 2.45) is 0 Å². The van der Waals surface area contributed by atoms with Crippen LogP contribution in [0.5, 0.6) is 0 Å². The Kier molecular flexibility index (Phi) is 6.75. The number of carbonyl (C=O) groups is 1. The van der Waals surface area contributed by atoms with Gasteiger partial charge in [-0.05, 0) is 43.2 Å². The normalized spacial score (nSPS) is 12.1. The van der Waals surface area contributed by atoms with Crippen LogP contribution in [0, 0.1) is 0 Å². The molecule has 1 atom stereocenters. The van der Waals surface area contributed by atoms with Gasteiger partial charge in [-0.2, -0.15) is 0 Å². The zero-order valence-electron chi connectivity index (χ0n) is 15.8. The van der Waals surface area contributed by atoms with Gasteiger partial charge < -0.3 is 5.32 Å². The molecule has 0 bridgehead atoms. The quantitative estimate of drug-likeness (QED) is 0.466. The average molecular weight is 416 g/mol. The van der Waals surface area contributed by atoms with Gasteiger partial charge in [0, 0.05) is 11.1 Å². The lowest BCUT2D eigenvalue weighted by Gasteiger charge is -2.14. The maximum atomic E-state index is 13.1. The lowest BCUT2D eigenvalue weighted by atomic mass is 10.2. The zero-order valence-corrected chi connectivity index (χ0v) is 17.4. The zero-order chi connectivity index (χ0) is 20.1. The van der Waals surface area contributed by atoms with Crippen LogP contribution in [0.2, 0.25) is 5.02 Å². The van der Waals surface area contributed by atoms with E-state index in [9.17, 15) is 9.59 Å². The van der Waals surface area contributed by atoms with E-state index in [2.05, 4.69) is 10.3 Å². The van der Waals surface area contributed by atoms with E-state index in [-0.39, 0.29) is 23.3 Å². The summed E-state index contributed by atoms with van der Waals surface area (Å²) in [5.41, 5.74) is 1.45. The first-order chi connectivity index (χ1) is 13.5. The molecule has 2 aromatic carbocycles. The fourth-order valence-electron chi connectivity index (χ4n) is 2.72. The third-order valence-corrected chi connectivity index (χ3v) is 5.66. The Balaban J connectivity index is 1.93. The van der Waals surface area contributed by atoms with Crippen LogP contribution in [0.4, 0.5) is 0 Å². The largest absolute Gasteiger partial charge is 0.353 e. The molecule has 1 aromatic heterocycles. The molecule has 28 heavy (non-hydrogen) atoms. The monoisotopic (exact) mass is 415 g/mol. The van der Waals surface area contributed by atoms with E-state index in [1.807, 2.05) is 44.2 Å². The lowest BCUT2D eigenvalue weighted by molar-refractivity contribution is -0.119. The van der Waals surface area contributed by atoms with Crippen molar-refractivity contribution in [3.05, 3.63) is 69.5 Å². The van der Waals surface area contributed by atoms with Gasteiger partial charge in [-0.15, -0.1) is 0 Å². The summed E-state index contributed by atoms with van der Waals surface area (Å²) in [7, 11) is 0. The Bertz CT molecular complexity index is 1030. The number of thioether (sulfide) groups is 1. The van der Waals surface area contributed by atoms with Crippen LogP contribution in [0.15, 0.2) is 58.5 Å². The van der Waals surface area contributed by atoms with Crippen molar-refractivity contribution in [3.63, 3.8) is 0 Å². The second kappa shape index (κ2) is 9.26. The Hall–Kier alpha value is -2.31. The molecule has 0 unspecified atom stereocenters. The molecule has 0 aliphatic rings. The minimum atomic E-state index is -0.120. The first kappa shape index (κ1) is 20.4. The summed E-state index contributed by atoms with van der Waals surface area (Å²) in [5.74, 6) is 0.134. The van der Waals surface area contributed by atoms with E-state index in [0.717, 1.165) is 12.0 Å². The highest BCUT2D eigenvalue weighted by Gasteiger charge is 2.14. The number of fused-ring (bicyclic) bond motifs is 1. The SMILES string of the molecule is CC[C@@H](C)NC(=O)CSc1nc2ccccc2c(=O)n1Cc1ccc(Cl)cc1. The van der Waals surface area contributed by atoms with Gasteiger partial charge in [-0.1, -0.05) is 54.6 Å². The number of hydrogen-bond acceptors (Lipinski definition) is 4. The van der Waals surface area contributed by atoms with Gasteiger partial charge in [0.15, 0.2) is 5.16 Å². The van der Waals surface area contributed by atoms with E-state index >= 15 is 0 Å². The van der Waals surface area contributed by atoms with Crippen LogP contribution >= 0.6 is 23.4 Å². The molecule has 3 rings (SSSR count). The highest BCUT2D eigenvalue weighted by molar-refractivity contribution is 7.99. The molecule has 146 valence electrons. The highest BCUT2D eigenvalue weighted by atomic mass is 35.5. The maximum Gasteiger partial charge on any atom is 0.262 e. The molecule has 0 saturated heterocycles. The molecule has 3 aromatic rings. The van der Waals surface area contributed by atoms with Gasteiger partial charge in [0.1, 0.15) is 0 Å². The third-order valence-electron chi connectivity index (χ3n) is 4.43. The predicted octanol–water partition coefficient (Wildman–Crippen LogP) is 4.11. The Morgan fingerprint density at radius 3 is 2.64 bits per heavy atom. The predicted molar refractivity (Wildman–Crippen MR) is 115 cm³/mol. The van der Waals surface area contributed by atoms with Crippen LogP contribution < -0.4 is 10.9 Å². The number of benzene rings is 2. The number of halogens is 1. The maximum absolute atomic E-state index is 13.1. The van der Waals surface area contributed by atoms with E-state index < -0.39 is 0 Å². The van der Waals surface area contributed by atoms with Crippen LogP contribution in [0.25, 0.3) is 10.9 Å². The topological polar surface area (TPSA) is 64.0 Å². The van der Waals surface area contributed by atoms with Crippen molar-refractivity contribution in [2.75, 3.05) is 5.75 Å². The van der Waals surface area contributed by atoms with Gasteiger partial charge in [-0.25, -0.2) is 4.98 Å². The van der Waals surface area contributed by atoms with Crippen LogP contribution in [0.3, 0.4) is 0 Å². The second-order valence-corrected chi connectivity index (χ2v) is 7.97. The molecule has 0 radical (unpaired) electrons. The van der Waals surface area contributed by atoms with Crippen molar-refractivity contribution < 1.29 is 4.79 Å². The number of aromatic nitrogens is 2. The van der Waals surface area contributed by atoms with Crippen molar-refractivity contribution >= 4 is 40.2 Å². The molecule has 0 aliphatic heterocycles.